The van der Waals surface area contributed by atoms with E-state index >= 15 is 0 Å². The first-order valence-corrected chi connectivity index (χ1v) is 10.4. The first-order valence-electron chi connectivity index (χ1n) is 7.99. The topological polar surface area (TPSA) is 75.7 Å². The van der Waals surface area contributed by atoms with Crippen molar-refractivity contribution >= 4 is 27.3 Å². The predicted octanol–water partition coefficient (Wildman–Crippen LogP) is 1.44. The molecule has 1 amide bonds. The molecule has 1 saturated carbocycles. The average Bonchev–Trinajstić information content (AvgIpc) is 3.25. The lowest BCUT2D eigenvalue weighted by Gasteiger charge is -2.34. The van der Waals surface area contributed by atoms with Gasteiger partial charge in [0.25, 0.3) is 0 Å². The van der Waals surface area contributed by atoms with E-state index in [1.54, 1.807) is 17.5 Å². The minimum Gasteiger partial charge on any atom is -0.381 e. The first-order chi connectivity index (χ1) is 11.1. The zero-order valence-corrected chi connectivity index (χ0v) is 14.6. The molecule has 0 atom stereocenters. The summed E-state index contributed by atoms with van der Waals surface area (Å²) in [6, 6.07) is 3.46. The van der Waals surface area contributed by atoms with Crippen molar-refractivity contribution in [3.05, 3.63) is 17.5 Å². The van der Waals surface area contributed by atoms with Gasteiger partial charge in [-0.1, -0.05) is 6.07 Å². The molecule has 3 rings (SSSR count). The van der Waals surface area contributed by atoms with Gasteiger partial charge in [0.15, 0.2) is 0 Å². The second-order valence-electron chi connectivity index (χ2n) is 5.98. The summed E-state index contributed by atoms with van der Waals surface area (Å²) in [7, 11) is -3.47. The van der Waals surface area contributed by atoms with Crippen LogP contribution < -0.4 is 4.72 Å². The Balaban J connectivity index is 1.58. The standard InChI is InChI=1S/C15H22N2O4S2/c18-15(12-3-4-12)17(13-5-9-21-10-6-13)8-7-16-23(19,20)14-2-1-11-22-14/h1-2,11-13,16H,3-10H2. The summed E-state index contributed by atoms with van der Waals surface area (Å²) in [4.78, 5) is 14.4. The number of carbonyl (C=O) groups is 1. The SMILES string of the molecule is O=C(C1CC1)N(CCNS(=O)(=O)c1cccs1)C1CCOCC1. The number of amides is 1. The van der Waals surface area contributed by atoms with E-state index in [2.05, 4.69) is 4.72 Å². The van der Waals surface area contributed by atoms with Crippen LogP contribution in [0, 0.1) is 5.92 Å². The van der Waals surface area contributed by atoms with E-state index in [9.17, 15) is 13.2 Å². The molecule has 1 aliphatic heterocycles. The van der Waals surface area contributed by atoms with Gasteiger partial charge >= 0.3 is 0 Å². The molecule has 1 N–H and O–H groups in total. The number of thiophene rings is 1. The van der Waals surface area contributed by atoms with Crippen molar-refractivity contribution in [1.29, 1.82) is 0 Å². The molecule has 0 aromatic carbocycles. The van der Waals surface area contributed by atoms with Crippen LogP contribution in [0.1, 0.15) is 25.7 Å². The molecule has 6 nitrogen and oxygen atoms in total. The highest BCUT2D eigenvalue weighted by molar-refractivity contribution is 7.91. The fraction of sp³-hybridized carbons (Fsp3) is 0.667. The monoisotopic (exact) mass is 358 g/mol. The molecular weight excluding hydrogens is 336 g/mol. The van der Waals surface area contributed by atoms with Gasteiger partial charge in [0, 0.05) is 38.3 Å². The quantitative estimate of drug-likeness (QED) is 0.800. The molecule has 1 aromatic heterocycles. The lowest BCUT2D eigenvalue weighted by atomic mass is 10.1. The maximum Gasteiger partial charge on any atom is 0.250 e. The third-order valence-electron chi connectivity index (χ3n) is 4.25. The van der Waals surface area contributed by atoms with Gasteiger partial charge in [-0.05, 0) is 37.1 Å². The Bertz CT molecular complexity index is 620. The van der Waals surface area contributed by atoms with Crippen LogP contribution in [0.25, 0.3) is 0 Å². The van der Waals surface area contributed by atoms with Gasteiger partial charge < -0.3 is 9.64 Å². The zero-order chi connectivity index (χ0) is 16.3. The van der Waals surface area contributed by atoms with Crippen LogP contribution in [0.15, 0.2) is 21.7 Å². The molecule has 2 fully saturated rings. The second-order valence-corrected chi connectivity index (χ2v) is 8.92. The molecule has 0 unspecified atom stereocenters. The molecular formula is C15H22N2O4S2. The Kier molecular flexibility index (Phi) is 5.35. The molecule has 8 heteroatoms. The lowest BCUT2D eigenvalue weighted by molar-refractivity contribution is -0.136. The van der Waals surface area contributed by atoms with Crippen LogP contribution in [0.5, 0.6) is 0 Å². The number of sulfonamides is 1. The van der Waals surface area contributed by atoms with E-state index in [0.717, 1.165) is 25.7 Å². The van der Waals surface area contributed by atoms with Crippen molar-refractivity contribution in [2.75, 3.05) is 26.3 Å². The fourth-order valence-corrected chi connectivity index (χ4v) is 4.88. The summed E-state index contributed by atoms with van der Waals surface area (Å²) in [5.74, 6) is 0.318. The van der Waals surface area contributed by atoms with Crippen molar-refractivity contribution in [1.82, 2.24) is 9.62 Å². The molecule has 0 spiro atoms. The highest BCUT2D eigenvalue weighted by Crippen LogP contribution is 2.32. The van der Waals surface area contributed by atoms with Crippen LogP contribution in [0.2, 0.25) is 0 Å². The third kappa shape index (κ3) is 4.32. The van der Waals surface area contributed by atoms with Gasteiger partial charge in [0.2, 0.25) is 15.9 Å². The van der Waals surface area contributed by atoms with Crippen molar-refractivity contribution in [3.63, 3.8) is 0 Å². The molecule has 1 aromatic rings. The zero-order valence-electron chi connectivity index (χ0n) is 12.9. The van der Waals surface area contributed by atoms with Crippen molar-refractivity contribution in [3.8, 4) is 0 Å². The van der Waals surface area contributed by atoms with E-state index in [-0.39, 0.29) is 24.4 Å². The summed E-state index contributed by atoms with van der Waals surface area (Å²) >= 11 is 1.19. The molecule has 0 radical (unpaired) electrons. The van der Waals surface area contributed by atoms with Crippen molar-refractivity contribution in [2.45, 2.75) is 35.9 Å². The molecule has 23 heavy (non-hydrogen) atoms. The number of carbonyl (C=O) groups excluding carboxylic acids is 1. The number of ether oxygens (including phenoxy) is 1. The van der Waals surface area contributed by atoms with Gasteiger partial charge in [0.1, 0.15) is 4.21 Å². The van der Waals surface area contributed by atoms with Crippen LogP contribution >= 0.6 is 11.3 Å². The molecule has 1 saturated heterocycles. The highest BCUT2D eigenvalue weighted by atomic mass is 32.2. The van der Waals surface area contributed by atoms with E-state index in [0.29, 0.717) is 24.0 Å². The molecule has 1 aliphatic carbocycles. The molecule has 0 bridgehead atoms. The maximum absolute atomic E-state index is 12.5. The van der Waals surface area contributed by atoms with Crippen LogP contribution in [0.3, 0.4) is 0 Å². The molecule has 2 heterocycles. The van der Waals surface area contributed by atoms with E-state index in [1.807, 2.05) is 4.90 Å². The Morgan fingerprint density at radius 3 is 2.65 bits per heavy atom. The number of nitrogens with zero attached hydrogens (tertiary/aromatic N) is 1. The Hall–Kier alpha value is -0.960. The minimum absolute atomic E-state index is 0.145. The minimum atomic E-state index is -3.47. The van der Waals surface area contributed by atoms with Gasteiger partial charge in [0.05, 0.1) is 0 Å². The second kappa shape index (κ2) is 7.29. The number of nitrogens with one attached hydrogen (secondary N) is 1. The summed E-state index contributed by atoms with van der Waals surface area (Å²) in [5.41, 5.74) is 0. The summed E-state index contributed by atoms with van der Waals surface area (Å²) in [5, 5.41) is 1.74. The van der Waals surface area contributed by atoms with Gasteiger partial charge in [-0.25, -0.2) is 13.1 Å². The van der Waals surface area contributed by atoms with E-state index < -0.39 is 10.0 Å². The van der Waals surface area contributed by atoms with Gasteiger partial charge in [-0.3, -0.25) is 4.79 Å². The lowest BCUT2D eigenvalue weighted by Crippen LogP contribution is -2.47. The van der Waals surface area contributed by atoms with Gasteiger partial charge in [-0.15, -0.1) is 11.3 Å². The molecule has 2 aliphatic rings. The summed E-state index contributed by atoms with van der Waals surface area (Å²) in [6.07, 6.45) is 3.57. The van der Waals surface area contributed by atoms with E-state index in [1.165, 1.54) is 11.3 Å². The smallest absolute Gasteiger partial charge is 0.250 e. The largest absolute Gasteiger partial charge is 0.381 e. The van der Waals surface area contributed by atoms with Crippen molar-refractivity contribution in [2.24, 2.45) is 5.92 Å². The maximum atomic E-state index is 12.5. The van der Waals surface area contributed by atoms with Gasteiger partial charge in [-0.2, -0.15) is 0 Å². The number of hydrogen-bond acceptors (Lipinski definition) is 5. The summed E-state index contributed by atoms with van der Waals surface area (Å²) < 4.78 is 32.6. The third-order valence-corrected chi connectivity index (χ3v) is 7.10. The average molecular weight is 358 g/mol. The Labute approximate surface area is 140 Å². The van der Waals surface area contributed by atoms with Crippen LogP contribution in [0.4, 0.5) is 0 Å². The fourth-order valence-electron chi connectivity index (χ4n) is 2.82. The Morgan fingerprint density at radius 2 is 2.04 bits per heavy atom. The Morgan fingerprint density at radius 1 is 1.30 bits per heavy atom. The number of hydrogen-bond donors (Lipinski definition) is 1. The molecule has 128 valence electrons. The highest BCUT2D eigenvalue weighted by Gasteiger charge is 2.36. The first kappa shape index (κ1) is 16.9. The number of rotatable bonds is 7. The van der Waals surface area contributed by atoms with Crippen LogP contribution in [-0.2, 0) is 19.6 Å². The normalized spacial score (nSPS) is 19.7. The van der Waals surface area contributed by atoms with Crippen molar-refractivity contribution < 1.29 is 17.9 Å². The van der Waals surface area contributed by atoms with E-state index in [4.69, 9.17) is 4.74 Å². The van der Waals surface area contributed by atoms with Crippen LogP contribution in [-0.4, -0.2) is 51.6 Å². The summed E-state index contributed by atoms with van der Waals surface area (Å²) in [6.45, 7) is 2.00. The predicted molar refractivity (Wildman–Crippen MR) is 87.8 cm³/mol.